The number of hydrogen-bond donors (Lipinski definition) is 1. The zero-order valence-corrected chi connectivity index (χ0v) is 10.2. The molecule has 0 aromatic carbocycles. The summed E-state index contributed by atoms with van der Waals surface area (Å²) >= 11 is 5.68. The van der Waals surface area contributed by atoms with Crippen LogP contribution in [0.25, 0.3) is 0 Å². The van der Waals surface area contributed by atoms with Gasteiger partial charge in [0.05, 0.1) is 5.69 Å². The number of nitrogens with one attached hydrogen (secondary N) is 1. The van der Waals surface area contributed by atoms with E-state index in [0.29, 0.717) is 5.92 Å². The van der Waals surface area contributed by atoms with Crippen LogP contribution in [0.1, 0.15) is 24.6 Å². The van der Waals surface area contributed by atoms with Crippen LogP contribution < -0.4 is 5.32 Å². The van der Waals surface area contributed by atoms with Crippen molar-refractivity contribution in [3.8, 4) is 0 Å². The maximum atomic E-state index is 5.68. The molecule has 1 heterocycles. The van der Waals surface area contributed by atoms with Crippen molar-refractivity contribution in [3.05, 3.63) is 29.6 Å². The first kappa shape index (κ1) is 12.5. The molecule has 3 heteroatoms. The molecule has 0 saturated heterocycles. The Labute approximate surface area is 97.1 Å². The smallest absolute Gasteiger partial charge is 0.0570 e. The minimum Gasteiger partial charge on any atom is -0.311 e. The summed E-state index contributed by atoms with van der Waals surface area (Å²) in [7, 11) is 0. The van der Waals surface area contributed by atoms with Gasteiger partial charge < -0.3 is 5.32 Å². The Morgan fingerprint density at radius 3 is 3.00 bits per heavy atom. The molecule has 0 aliphatic carbocycles. The van der Waals surface area contributed by atoms with Crippen LogP contribution in [0.2, 0.25) is 0 Å². The first-order valence-electron chi connectivity index (χ1n) is 5.41. The fourth-order valence-corrected chi connectivity index (χ4v) is 1.80. The number of pyridine rings is 1. The molecule has 1 rings (SSSR count). The highest BCUT2D eigenvalue weighted by Gasteiger charge is 2.02. The van der Waals surface area contributed by atoms with Crippen molar-refractivity contribution in [1.82, 2.24) is 10.3 Å². The largest absolute Gasteiger partial charge is 0.311 e. The molecular weight excluding hydrogens is 208 g/mol. The van der Waals surface area contributed by atoms with Gasteiger partial charge in [-0.05, 0) is 37.4 Å². The van der Waals surface area contributed by atoms with Crippen LogP contribution in [0.5, 0.6) is 0 Å². The molecule has 2 nitrogen and oxygen atoms in total. The van der Waals surface area contributed by atoms with Crippen molar-refractivity contribution >= 4 is 11.6 Å². The van der Waals surface area contributed by atoms with Crippen LogP contribution in [0.15, 0.2) is 18.3 Å². The van der Waals surface area contributed by atoms with E-state index in [1.165, 1.54) is 5.56 Å². The number of rotatable bonds is 6. The van der Waals surface area contributed by atoms with E-state index in [1.807, 2.05) is 12.3 Å². The minimum absolute atomic E-state index is 0.631. The van der Waals surface area contributed by atoms with Crippen LogP contribution in [0, 0.1) is 12.8 Å². The predicted octanol–water partition coefficient (Wildman–Crippen LogP) is 2.74. The normalized spacial score (nSPS) is 12.7. The predicted molar refractivity (Wildman–Crippen MR) is 65.2 cm³/mol. The molecule has 15 heavy (non-hydrogen) atoms. The number of nitrogens with zero attached hydrogens (tertiary/aromatic N) is 1. The molecule has 1 unspecified atom stereocenters. The topological polar surface area (TPSA) is 24.9 Å². The molecule has 0 aliphatic heterocycles. The third-order valence-electron chi connectivity index (χ3n) is 2.51. The highest BCUT2D eigenvalue weighted by atomic mass is 35.5. The lowest BCUT2D eigenvalue weighted by atomic mass is 10.1. The van der Waals surface area contributed by atoms with Gasteiger partial charge in [-0.15, -0.1) is 11.6 Å². The monoisotopic (exact) mass is 226 g/mol. The molecule has 1 N–H and O–H groups in total. The van der Waals surface area contributed by atoms with Crippen LogP contribution in [-0.4, -0.2) is 17.4 Å². The van der Waals surface area contributed by atoms with Crippen LogP contribution in [0.4, 0.5) is 0 Å². The standard InChI is InChI=1S/C12H19ClN2/c1-10(5-6-13)8-14-9-12-11(2)4-3-7-15-12/h3-4,7,10,14H,5-6,8-9H2,1-2H3. The summed E-state index contributed by atoms with van der Waals surface area (Å²) in [5, 5.41) is 3.41. The second-order valence-electron chi connectivity index (χ2n) is 3.98. The first-order valence-corrected chi connectivity index (χ1v) is 5.94. The second kappa shape index (κ2) is 6.81. The van der Waals surface area contributed by atoms with Gasteiger partial charge >= 0.3 is 0 Å². The SMILES string of the molecule is Cc1cccnc1CNCC(C)CCCl. The first-order chi connectivity index (χ1) is 7.24. The highest BCUT2D eigenvalue weighted by Crippen LogP contribution is 2.04. The number of aryl methyl sites for hydroxylation is 1. The average molecular weight is 227 g/mol. The number of aromatic nitrogens is 1. The Kier molecular flexibility index (Phi) is 5.66. The van der Waals surface area contributed by atoms with Gasteiger partial charge in [0.25, 0.3) is 0 Å². The summed E-state index contributed by atoms with van der Waals surface area (Å²) in [5.41, 5.74) is 2.38. The average Bonchev–Trinajstić information content (AvgIpc) is 2.21. The third kappa shape index (κ3) is 4.63. The number of alkyl halides is 1. The van der Waals surface area contributed by atoms with Crippen LogP contribution in [0.3, 0.4) is 0 Å². The number of hydrogen-bond acceptors (Lipinski definition) is 2. The van der Waals surface area contributed by atoms with Gasteiger partial charge in [0.1, 0.15) is 0 Å². The molecule has 0 radical (unpaired) electrons. The van der Waals surface area contributed by atoms with Gasteiger partial charge in [-0.3, -0.25) is 4.98 Å². The van der Waals surface area contributed by atoms with E-state index >= 15 is 0 Å². The van der Waals surface area contributed by atoms with E-state index in [0.717, 1.165) is 31.1 Å². The lowest BCUT2D eigenvalue weighted by molar-refractivity contribution is 0.499. The Hall–Kier alpha value is -0.600. The number of halogens is 1. The maximum absolute atomic E-state index is 5.68. The van der Waals surface area contributed by atoms with E-state index in [9.17, 15) is 0 Å². The highest BCUT2D eigenvalue weighted by molar-refractivity contribution is 6.17. The molecule has 0 fully saturated rings. The lowest BCUT2D eigenvalue weighted by Crippen LogP contribution is -2.22. The Balaban J connectivity index is 2.29. The van der Waals surface area contributed by atoms with Crippen LogP contribution >= 0.6 is 11.6 Å². The molecule has 0 spiro atoms. The summed E-state index contributed by atoms with van der Waals surface area (Å²) in [6, 6.07) is 4.06. The molecule has 0 bridgehead atoms. The summed E-state index contributed by atoms with van der Waals surface area (Å²) in [6.07, 6.45) is 2.90. The zero-order chi connectivity index (χ0) is 11.1. The van der Waals surface area contributed by atoms with Crippen molar-refractivity contribution < 1.29 is 0 Å². The van der Waals surface area contributed by atoms with Crippen molar-refractivity contribution in [2.45, 2.75) is 26.8 Å². The van der Waals surface area contributed by atoms with Crippen molar-refractivity contribution in [3.63, 3.8) is 0 Å². The molecule has 1 atom stereocenters. The van der Waals surface area contributed by atoms with E-state index in [4.69, 9.17) is 11.6 Å². The van der Waals surface area contributed by atoms with Gasteiger partial charge in [0.2, 0.25) is 0 Å². The molecule has 1 aromatic heterocycles. The van der Waals surface area contributed by atoms with Gasteiger partial charge in [0, 0.05) is 18.6 Å². The maximum Gasteiger partial charge on any atom is 0.0570 e. The van der Waals surface area contributed by atoms with Gasteiger partial charge in [0.15, 0.2) is 0 Å². The summed E-state index contributed by atoms with van der Waals surface area (Å²) in [5.74, 6) is 1.37. The van der Waals surface area contributed by atoms with E-state index < -0.39 is 0 Å². The van der Waals surface area contributed by atoms with Gasteiger partial charge in [-0.1, -0.05) is 13.0 Å². The van der Waals surface area contributed by atoms with Crippen molar-refractivity contribution in [2.24, 2.45) is 5.92 Å². The summed E-state index contributed by atoms with van der Waals surface area (Å²) in [4.78, 5) is 4.33. The van der Waals surface area contributed by atoms with E-state index in [2.05, 4.69) is 30.2 Å². The van der Waals surface area contributed by atoms with E-state index in [1.54, 1.807) is 0 Å². The Morgan fingerprint density at radius 1 is 1.53 bits per heavy atom. The van der Waals surface area contributed by atoms with E-state index in [-0.39, 0.29) is 0 Å². The second-order valence-corrected chi connectivity index (χ2v) is 4.36. The molecule has 1 aromatic rings. The van der Waals surface area contributed by atoms with Crippen molar-refractivity contribution in [1.29, 1.82) is 0 Å². The van der Waals surface area contributed by atoms with Crippen LogP contribution in [-0.2, 0) is 6.54 Å². The molecule has 0 saturated carbocycles. The third-order valence-corrected chi connectivity index (χ3v) is 2.72. The fraction of sp³-hybridized carbons (Fsp3) is 0.583. The summed E-state index contributed by atoms with van der Waals surface area (Å²) in [6.45, 7) is 6.15. The van der Waals surface area contributed by atoms with Crippen molar-refractivity contribution in [2.75, 3.05) is 12.4 Å². The molecule has 0 aliphatic rings. The lowest BCUT2D eigenvalue weighted by Gasteiger charge is -2.11. The van der Waals surface area contributed by atoms with Gasteiger partial charge in [-0.25, -0.2) is 0 Å². The minimum atomic E-state index is 0.631. The Bertz CT molecular complexity index is 289. The Morgan fingerprint density at radius 2 is 2.33 bits per heavy atom. The van der Waals surface area contributed by atoms with Gasteiger partial charge in [-0.2, -0.15) is 0 Å². The molecular formula is C12H19ClN2. The summed E-state index contributed by atoms with van der Waals surface area (Å²) < 4.78 is 0. The molecule has 84 valence electrons. The zero-order valence-electron chi connectivity index (χ0n) is 9.46. The quantitative estimate of drug-likeness (QED) is 0.755. The fourth-order valence-electron chi connectivity index (χ4n) is 1.43. The molecule has 0 amide bonds.